The van der Waals surface area contributed by atoms with Gasteiger partial charge in [0.05, 0.1) is 7.11 Å². The molecule has 1 aliphatic rings. The summed E-state index contributed by atoms with van der Waals surface area (Å²) in [5.41, 5.74) is 0. The van der Waals surface area contributed by atoms with E-state index in [1.807, 2.05) is 11.6 Å². The van der Waals surface area contributed by atoms with Crippen LogP contribution < -0.4 is 14.5 Å². The monoisotopic (exact) mass is 291 g/mol. The van der Waals surface area contributed by atoms with Gasteiger partial charge < -0.3 is 14.5 Å². The molecule has 0 spiro atoms. The molecule has 0 aromatic carbocycles. The van der Waals surface area contributed by atoms with Crippen molar-refractivity contribution in [1.82, 2.24) is 15.0 Å². The van der Waals surface area contributed by atoms with Crippen molar-refractivity contribution in [2.24, 2.45) is 0 Å². The number of hydrogen-bond acceptors (Lipinski definition) is 7. The summed E-state index contributed by atoms with van der Waals surface area (Å²) in [5, 5.41) is 3.10. The van der Waals surface area contributed by atoms with E-state index in [1.165, 1.54) is 0 Å². The number of nitrogens with zero attached hydrogens (tertiary/aromatic N) is 5. The first kappa shape index (κ1) is 13.1. The third-order valence-electron chi connectivity index (χ3n) is 3.40. The quantitative estimate of drug-likeness (QED) is 0.857. The van der Waals surface area contributed by atoms with Gasteiger partial charge in [-0.25, -0.2) is 9.97 Å². The molecule has 0 radical (unpaired) electrons. The summed E-state index contributed by atoms with van der Waals surface area (Å²) in [6.07, 6.45) is 3.59. The molecule has 3 heterocycles. The van der Waals surface area contributed by atoms with Gasteiger partial charge in [0.25, 0.3) is 0 Å². The Kier molecular flexibility index (Phi) is 3.68. The van der Waals surface area contributed by atoms with Crippen molar-refractivity contribution in [3.8, 4) is 5.88 Å². The van der Waals surface area contributed by atoms with Crippen LogP contribution in [0.15, 0.2) is 23.8 Å². The topological polar surface area (TPSA) is 54.4 Å². The molecule has 1 saturated heterocycles. The highest BCUT2D eigenvalue weighted by atomic mass is 32.1. The van der Waals surface area contributed by atoms with Gasteiger partial charge in [0.15, 0.2) is 5.13 Å². The fourth-order valence-electron chi connectivity index (χ4n) is 2.38. The average molecular weight is 291 g/mol. The van der Waals surface area contributed by atoms with E-state index in [1.54, 1.807) is 30.7 Å². The Balaban J connectivity index is 1.73. The van der Waals surface area contributed by atoms with E-state index in [0.717, 1.165) is 30.7 Å². The molecule has 2 aromatic heterocycles. The molecule has 1 aliphatic heterocycles. The molecule has 1 atom stereocenters. The van der Waals surface area contributed by atoms with Crippen LogP contribution in [0.2, 0.25) is 0 Å². The second-order valence-corrected chi connectivity index (χ2v) is 5.58. The highest BCUT2D eigenvalue weighted by Crippen LogP contribution is 2.24. The van der Waals surface area contributed by atoms with Crippen molar-refractivity contribution < 1.29 is 4.74 Å². The molecule has 0 bridgehead atoms. The van der Waals surface area contributed by atoms with Gasteiger partial charge in [-0.1, -0.05) is 0 Å². The Hall–Kier alpha value is -1.89. The third-order valence-corrected chi connectivity index (χ3v) is 4.21. The zero-order chi connectivity index (χ0) is 13.9. The number of piperazine rings is 1. The Bertz CT molecular complexity index is 562. The summed E-state index contributed by atoms with van der Waals surface area (Å²) in [4.78, 5) is 17.7. The van der Waals surface area contributed by atoms with Crippen molar-refractivity contribution in [3.05, 3.63) is 23.8 Å². The zero-order valence-electron chi connectivity index (χ0n) is 11.6. The van der Waals surface area contributed by atoms with Crippen LogP contribution in [0.5, 0.6) is 5.88 Å². The largest absolute Gasteiger partial charge is 0.481 e. The highest BCUT2D eigenvalue weighted by Gasteiger charge is 2.26. The maximum absolute atomic E-state index is 5.16. The lowest BCUT2D eigenvalue weighted by Gasteiger charge is -2.39. The van der Waals surface area contributed by atoms with Crippen LogP contribution in [0.1, 0.15) is 6.92 Å². The van der Waals surface area contributed by atoms with Gasteiger partial charge in [-0.3, -0.25) is 0 Å². The first-order chi connectivity index (χ1) is 9.78. The van der Waals surface area contributed by atoms with Gasteiger partial charge >= 0.3 is 0 Å². The summed E-state index contributed by atoms with van der Waals surface area (Å²) in [6, 6.07) is 2.14. The lowest BCUT2D eigenvalue weighted by Crippen LogP contribution is -2.52. The van der Waals surface area contributed by atoms with Crippen LogP contribution in [0.25, 0.3) is 0 Å². The molecular weight excluding hydrogens is 274 g/mol. The predicted molar refractivity (Wildman–Crippen MR) is 79.7 cm³/mol. The van der Waals surface area contributed by atoms with Gasteiger partial charge in [0.2, 0.25) is 11.8 Å². The van der Waals surface area contributed by atoms with Gasteiger partial charge in [-0.15, -0.1) is 11.3 Å². The van der Waals surface area contributed by atoms with Crippen molar-refractivity contribution >= 4 is 22.4 Å². The molecule has 2 aromatic rings. The maximum atomic E-state index is 5.16. The fraction of sp³-hybridized carbons (Fsp3) is 0.462. The minimum Gasteiger partial charge on any atom is -0.481 e. The molecule has 20 heavy (non-hydrogen) atoms. The molecule has 106 valence electrons. The number of thiazole rings is 1. The van der Waals surface area contributed by atoms with Gasteiger partial charge in [-0.2, -0.15) is 4.98 Å². The zero-order valence-corrected chi connectivity index (χ0v) is 12.4. The van der Waals surface area contributed by atoms with E-state index in [2.05, 4.69) is 31.7 Å². The molecule has 6 nitrogen and oxygen atoms in total. The van der Waals surface area contributed by atoms with Crippen molar-refractivity contribution in [3.63, 3.8) is 0 Å². The standard InChI is InChI=1S/C13H17N5OS/c1-10-9-17(12-14-4-3-11(16-12)19-2)6-7-18(10)13-15-5-8-20-13/h3-5,8,10H,6-7,9H2,1-2H3. The fourth-order valence-corrected chi connectivity index (χ4v) is 3.15. The molecule has 0 saturated carbocycles. The minimum atomic E-state index is 0.379. The smallest absolute Gasteiger partial charge is 0.228 e. The summed E-state index contributed by atoms with van der Waals surface area (Å²) in [5.74, 6) is 1.33. The summed E-state index contributed by atoms with van der Waals surface area (Å²) in [7, 11) is 1.62. The molecule has 1 fully saturated rings. The molecule has 0 N–H and O–H groups in total. The normalized spacial score (nSPS) is 19.2. The van der Waals surface area contributed by atoms with Crippen LogP contribution in [0.4, 0.5) is 11.1 Å². The van der Waals surface area contributed by atoms with Crippen LogP contribution in [-0.2, 0) is 0 Å². The van der Waals surface area contributed by atoms with Crippen LogP contribution in [0.3, 0.4) is 0 Å². The maximum Gasteiger partial charge on any atom is 0.228 e. The number of anilines is 2. The van der Waals surface area contributed by atoms with Gasteiger partial charge in [-0.05, 0) is 6.92 Å². The van der Waals surface area contributed by atoms with Crippen molar-refractivity contribution in [1.29, 1.82) is 0 Å². The first-order valence-electron chi connectivity index (χ1n) is 6.56. The lowest BCUT2D eigenvalue weighted by atomic mass is 10.2. The van der Waals surface area contributed by atoms with E-state index >= 15 is 0 Å². The van der Waals surface area contributed by atoms with Crippen LogP contribution >= 0.6 is 11.3 Å². The Morgan fingerprint density at radius 3 is 2.90 bits per heavy atom. The Morgan fingerprint density at radius 1 is 1.30 bits per heavy atom. The van der Waals surface area contributed by atoms with E-state index in [-0.39, 0.29) is 0 Å². The predicted octanol–water partition coefficient (Wildman–Crippen LogP) is 1.66. The second-order valence-electron chi connectivity index (χ2n) is 4.70. The molecule has 0 amide bonds. The third kappa shape index (κ3) is 2.53. The summed E-state index contributed by atoms with van der Waals surface area (Å²) >= 11 is 1.68. The molecule has 7 heteroatoms. The Labute approximate surface area is 122 Å². The van der Waals surface area contributed by atoms with E-state index in [0.29, 0.717) is 11.9 Å². The number of hydrogen-bond donors (Lipinski definition) is 0. The SMILES string of the molecule is COc1ccnc(N2CCN(c3nccs3)C(C)C2)n1. The first-order valence-corrected chi connectivity index (χ1v) is 7.44. The molecule has 3 rings (SSSR count). The number of methoxy groups -OCH3 is 1. The van der Waals surface area contributed by atoms with E-state index in [4.69, 9.17) is 4.74 Å². The Morgan fingerprint density at radius 2 is 2.20 bits per heavy atom. The number of ether oxygens (including phenoxy) is 1. The van der Waals surface area contributed by atoms with Crippen molar-refractivity contribution in [2.45, 2.75) is 13.0 Å². The number of rotatable bonds is 3. The summed E-state index contributed by atoms with van der Waals surface area (Å²) < 4.78 is 5.16. The minimum absolute atomic E-state index is 0.379. The summed E-state index contributed by atoms with van der Waals surface area (Å²) in [6.45, 7) is 4.90. The van der Waals surface area contributed by atoms with Gasteiger partial charge in [0, 0.05) is 49.5 Å². The van der Waals surface area contributed by atoms with Gasteiger partial charge in [0.1, 0.15) is 0 Å². The molecule has 1 unspecified atom stereocenters. The highest BCUT2D eigenvalue weighted by molar-refractivity contribution is 7.13. The molecule has 0 aliphatic carbocycles. The average Bonchev–Trinajstić information content (AvgIpc) is 3.01. The van der Waals surface area contributed by atoms with Crippen LogP contribution in [0, 0.1) is 0 Å². The van der Waals surface area contributed by atoms with E-state index < -0.39 is 0 Å². The van der Waals surface area contributed by atoms with Crippen molar-refractivity contribution in [2.75, 3.05) is 36.5 Å². The van der Waals surface area contributed by atoms with Crippen LogP contribution in [-0.4, -0.2) is 47.7 Å². The molecular formula is C13H17N5OS. The van der Waals surface area contributed by atoms with E-state index in [9.17, 15) is 0 Å². The number of aromatic nitrogens is 3. The second kappa shape index (κ2) is 5.62. The lowest BCUT2D eigenvalue weighted by molar-refractivity contribution is 0.396.